The second-order valence-corrected chi connectivity index (χ2v) is 5.01. The summed E-state index contributed by atoms with van der Waals surface area (Å²) in [5.74, 6) is -0.643. The number of hydrogen-bond acceptors (Lipinski definition) is 2. The number of carbonyl (C=O) groups excluding carboxylic acids is 1. The van der Waals surface area contributed by atoms with Crippen LogP contribution >= 0.6 is 15.9 Å². The van der Waals surface area contributed by atoms with Gasteiger partial charge in [0.05, 0.1) is 5.69 Å². The summed E-state index contributed by atoms with van der Waals surface area (Å²) < 4.78 is 13.9. The van der Waals surface area contributed by atoms with Gasteiger partial charge in [-0.25, -0.2) is 4.39 Å². The summed E-state index contributed by atoms with van der Waals surface area (Å²) in [5, 5.41) is 2.73. The molecular formula is C14H12BrFN2O. The highest BCUT2D eigenvalue weighted by Gasteiger charge is 2.10. The Kier molecular flexibility index (Phi) is 3.85. The minimum Gasteiger partial charge on any atom is -0.399 e. The number of halogens is 2. The summed E-state index contributed by atoms with van der Waals surface area (Å²) in [6, 6.07) is 9.35. The van der Waals surface area contributed by atoms with Crippen molar-refractivity contribution in [2.75, 3.05) is 11.1 Å². The maximum absolute atomic E-state index is 13.2. The van der Waals surface area contributed by atoms with Crippen LogP contribution in [0.3, 0.4) is 0 Å². The van der Waals surface area contributed by atoms with Crippen LogP contribution in [0.2, 0.25) is 0 Å². The van der Waals surface area contributed by atoms with Crippen LogP contribution in [-0.4, -0.2) is 5.91 Å². The van der Waals surface area contributed by atoms with E-state index in [0.29, 0.717) is 22.5 Å². The maximum Gasteiger partial charge on any atom is 0.255 e. The van der Waals surface area contributed by atoms with Gasteiger partial charge in [0.2, 0.25) is 0 Å². The summed E-state index contributed by atoms with van der Waals surface area (Å²) in [7, 11) is 0. The van der Waals surface area contributed by atoms with Gasteiger partial charge in [0.1, 0.15) is 5.82 Å². The number of aryl methyl sites for hydroxylation is 1. The molecule has 98 valence electrons. The lowest BCUT2D eigenvalue weighted by atomic mass is 10.1. The molecule has 0 aliphatic heterocycles. The topological polar surface area (TPSA) is 55.1 Å². The molecule has 1 amide bonds. The summed E-state index contributed by atoms with van der Waals surface area (Å²) in [6.45, 7) is 1.61. The summed E-state index contributed by atoms with van der Waals surface area (Å²) in [5.41, 5.74) is 7.62. The lowest BCUT2D eigenvalue weighted by Crippen LogP contribution is -2.12. The number of amides is 1. The van der Waals surface area contributed by atoms with Gasteiger partial charge in [-0.1, -0.05) is 0 Å². The number of hydrogen-bond donors (Lipinski definition) is 2. The smallest absolute Gasteiger partial charge is 0.255 e. The quantitative estimate of drug-likeness (QED) is 0.828. The van der Waals surface area contributed by atoms with Crippen molar-refractivity contribution in [2.45, 2.75) is 6.92 Å². The minimum atomic E-state index is -0.332. The van der Waals surface area contributed by atoms with Crippen molar-refractivity contribution in [1.82, 2.24) is 0 Å². The highest BCUT2D eigenvalue weighted by molar-refractivity contribution is 9.10. The fourth-order valence-corrected chi connectivity index (χ4v) is 1.96. The number of nitrogen functional groups attached to an aromatic ring is 1. The minimum absolute atomic E-state index is 0.311. The molecule has 0 atom stereocenters. The number of carbonyl (C=O) groups is 1. The largest absolute Gasteiger partial charge is 0.399 e. The van der Waals surface area contributed by atoms with E-state index in [4.69, 9.17) is 5.73 Å². The fraction of sp³-hybridized carbons (Fsp3) is 0.0714. The van der Waals surface area contributed by atoms with Crippen LogP contribution in [-0.2, 0) is 0 Å². The van der Waals surface area contributed by atoms with Gasteiger partial charge in [-0.3, -0.25) is 4.79 Å². The van der Waals surface area contributed by atoms with E-state index in [1.807, 2.05) is 0 Å². The van der Waals surface area contributed by atoms with Gasteiger partial charge in [0, 0.05) is 15.7 Å². The number of benzene rings is 2. The number of anilines is 2. The molecule has 5 heteroatoms. The van der Waals surface area contributed by atoms with E-state index < -0.39 is 0 Å². The molecular weight excluding hydrogens is 311 g/mol. The summed E-state index contributed by atoms with van der Waals surface area (Å²) in [4.78, 5) is 12.0. The predicted octanol–water partition coefficient (Wildman–Crippen LogP) is 3.73. The van der Waals surface area contributed by atoms with E-state index in [-0.39, 0.29) is 11.7 Å². The first-order valence-corrected chi connectivity index (χ1v) is 6.39. The second-order valence-electron chi connectivity index (χ2n) is 4.16. The zero-order valence-corrected chi connectivity index (χ0v) is 11.8. The Labute approximate surface area is 118 Å². The molecule has 0 spiro atoms. The molecule has 0 unspecified atom stereocenters. The molecule has 19 heavy (non-hydrogen) atoms. The molecule has 0 radical (unpaired) electrons. The Morgan fingerprint density at radius 2 is 2.00 bits per heavy atom. The van der Waals surface area contributed by atoms with E-state index in [1.54, 1.807) is 25.1 Å². The molecule has 0 bridgehead atoms. The van der Waals surface area contributed by atoms with E-state index in [2.05, 4.69) is 21.2 Å². The van der Waals surface area contributed by atoms with Gasteiger partial charge in [-0.2, -0.15) is 0 Å². The third kappa shape index (κ3) is 3.12. The van der Waals surface area contributed by atoms with E-state index >= 15 is 0 Å². The third-order valence-corrected chi connectivity index (χ3v) is 3.35. The Hall–Kier alpha value is -1.88. The Morgan fingerprint density at radius 1 is 1.26 bits per heavy atom. The van der Waals surface area contributed by atoms with Gasteiger partial charge < -0.3 is 11.1 Å². The fourth-order valence-electron chi connectivity index (χ4n) is 1.62. The predicted molar refractivity (Wildman–Crippen MR) is 77.6 cm³/mol. The molecule has 0 saturated carbocycles. The number of nitrogens with two attached hydrogens (primary N) is 1. The van der Waals surface area contributed by atoms with Crippen molar-refractivity contribution in [3.8, 4) is 0 Å². The van der Waals surface area contributed by atoms with Crippen molar-refractivity contribution < 1.29 is 9.18 Å². The molecule has 2 rings (SSSR count). The van der Waals surface area contributed by atoms with E-state index in [1.165, 1.54) is 18.2 Å². The SMILES string of the molecule is Cc1cc(C(=O)Nc2cc(N)ccc2Br)ccc1F. The van der Waals surface area contributed by atoms with Gasteiger partial charge in [0.25, 0.3) is 5.91 Å². The van der Waals surface area contributed by atoms with Crippen LogP contribution in [0.5, 0.6) is 0 Å². The number of nitrogens with one attached hydrogen (secondary N) is 1. The first kappa shape index (κ1) is 13.5. The van der Waals surface area contributed by atoms with Crippen molar-refractivity contribution in [1.29, 1.82) is 0 Å². The Bertz CT molecular complexity index is 643. The Morgan fingerprint density at radius 3 is 2.68 bits per heavy atom. The first-order chi connectivity index (χ1) is 8.97. The van der Waals surface area contributed by atoms with Crippen molar-refractivity contribution >= 4 is 33.2 Å². The average molecular weight is 323 g/mol. The molecule has 0 aliphatic carbocycles. The zero-order chi connectivity index (χ0) is 14.0. The van der Waals surface area contributed by atoms with E-state index in [0.717, 1.165) is 4.47 Å². The van der Waals surface area contributed by atoms with Crippen molar-refractivity contribution in [2.24, 2.45) is 0 Å². The molecule has 0 heterocycles. The third-order valence-electron chi connectivity index (χ3n) is 2.66. The summed E-state index contributed by atoms with van der Waals surface area (Å²) >= 11 is 3.33. The maximum atomic E-state index is 13.2. The van der Waals surface area contributed by atoms with Crippen LogP contribution in [0.4, 0.5) is 15.8 Å². The van der Waals surface area contributed by atoms with Gasteiger partial charge in [-0.05, 0) is 64.8 Å². The zero-order valence-electron chi connectivity index (χ0n) is 10.2. The van der Waals surface area contributed by atoms with Crippen molar-refractivity contribution in [3.63, 3.8) is 0 Å². The molecule has 2 aromatic rings. The van der Waals surface area contributed by atoms with Crippen LogP contribution in [0.15, 0.2) is 40.9 Å². The van der Waals surface area contributed by atoms with Crippen molar-refractivity contribution in [3.05, 3.63) is 57.8 Å². The first-order valence-electron chi connectivity index (χ1n) is 5.60. The van der Waals surface area contributed by atoms with Crippen LogP contribution < -0.4 is 11.1 Å². The average Bonchev–Trinajstić information content (AvgIpc) is 2.37. The lowest BCUT2D eigenvalue weighted by Gasteiger charge is -2.09. The molecule has 0 aliphatic rings. The molecule has 2 aromatic carbocycles. The number of rotatable bonds is 2. The molecule has 3 N–H and O–H groups in total. The van der Waals surface area contributed by atoms with E-state index in [9.17, 15) is 9.18 Å². The molecule has 0 saturated heterocycles. The lowest BCUT2D eigenvalue weighted by molar-refractivity contribution is 0.102. The molecule has 0 fully saturated rings. The summed E-state index contributed by atoms with van der Waals surface area (Å²) in [6.07, 6.45) is 0. The van der Waals surface area contributed by atoms with Gasteiger partial charge in [-0.15, -0.1) is 0 Å². The standard InChI is InChI=1S/C14H12BrFN2O/c1-8-6-9(2-5-12(8)16)14(19)18-13-7-10(17)3-4-11(13)15/h2-7H,17H2,1H3,(H,18,19). The van der Waals surface area contributed by atoms with Gasteiger partial charge >= 0.3 is 0 Å². The Balaban J connectivity index is 2.25. The molecule has 0 aromatic heterocycles. The molecule has 3 nitrogen and oxygen atoms in total. The van der Waals surface area contributed by atoms with Crippen LogP contribution in [0.25, 0.3) is 0 Å². The highest BCUT2D eigenvalue weighted by Crippen LogP contribution is 2.25. The highest BCUT2D eigenvalue weighted by atomic mass is 79.9. The van der Waals surface area contributed by atoms with Crippen LogP contribution in [0, 0.1) is 12.7 Å². The normalized spacial score (nSPS) is 10.3. The monoisotopic (exact) mass is 322 g/mol. The second kappa shape index (κ2) is 5.40. The van der Waals surface area contributed by atoms with Gasteiger partial charge in [0.15, 0.2) is 0 Å². The van der Waals surface area contributed by atoms with Crippen LogP contribution in [0.1, 0.15) is 15.9 Å².